The Kier molecular flexibility index (Phi) is 5.36. The van der Waals surface area contributed by atoms with Gasteiger partial charge in [-0.05, 0) is 37.0 Å². The normalized spacial score (nSPS) is 12.0. The Balaban J connectivity index is 2.60. The Hall–Kier alpha value is -2.04. The van der Waals surface area contributed by atoms with E-state index < -0.39 is 18.0 Å². The van der Waals surface area contributed by atoms with Gasteiger partial charge in [-0.1, -0.05) is 26.0 Å². The van der Waals surface area contributed by atoms with Crippen LogP contribution < -0.4 is 15.7 Å². The number of amides is 2. The number of nitrogens with one attached hydrogen (secondary N) is 2. The number of carboxylic acid groups (broad SMARTS) is 1. The van der Waals surface area contributed by atoms with Crippen molar-refractivity contribution >= 4 is 17.7 Å². The molecule has 1 aromatic rings. The first-order chi connectivity index (χ1) is 8.88. The van der Waals surface area contributed by atoms with Gasteiger partial charge in [-0.25, -0.2) is 4.79 Å². The fraction of sp³-hybridized carbons (Fsp3) is 0.429. The van der Waals surface area contributed by atoms with Crippen molar-refractivity contribution in [1.29, 1.82) is 0 Å². The van der Waals surface area contributed by atoms with Crippen LogP contribution in [0.4, 0.5) is 10.5 Å². The smallest absolute Gasteiger partial charge is 0.319 e. The molecule has 2 N–H and O–H groups in total. The van der Waals surface area contributed by atoms with Crippen molar-refractivity contribution < 1.29 is 14.7 Å². The molecule has 0 radical (unpaired) electrons. The van der Waals surface area contributed by atoms with Gasteiger partial charge in [0, 0.05) is 5.69 Å². The van der Waals surface area contributed by atoms with E-state index in [4.69, 9.17) is 0 Å². The second kappa shape index (κ2) is 6.78. The molecule has 0 aromatic heterocycles. The predicted molar refractivity (Wildman–Crippen MR) is 71.6 cm³/mol. The van der Waals surface area contributed by atoms with Crippen molar-refractivity contribution in [2.75, 3.05) is 5.32 Å². The first-order valence-corrected chi connectivity index (χ1v) is 6.23. The Morgan fingerprint density at radius 3 is 2.53 bits per heavy atom. The molecule has 0 aliphatic heterocycles. The molecule has 0 spiro atoms. The van der Waals surface area contributed by atoms with Gasteiger partial charge in [0.1, 0.15) is 0 Å². The molecular weight excluding hydrogens is 244 g/mol. The zero-order chi connectivity index (χ0) is 14.4. The van der Waals surface area contributed by atoms with E-state index in [0.29, 0.717) is 12.1 Å². The molecule has 0 aliphatic rings. The lowest BCUT2D eigenvalue weighted by atomic mass is 10.0. The van der Waals surface area contributed by atoms with Gasteiger partial charge < -0.3 is 20.5 Å². The number of urea groups is 1. The van der Waals surface area contributed by atoms with Gasteiger partial charge in [-0.15, -0.1) is 0 Å². The summed E-state index contributed by atoms with van der Waals surface area (Å²) in [5.74, 6) is -1.12. The van der Waals surface area contributed by atoms with Gasteiger partial charge in [0.25, 0.3) is 0 Å². The standard InChI is InChI=1S/C14H20N2O3/c1-9(2)7-12(13(17)18)16-14(19)15-11-6-4-5-10(3)8-11/h4-6,8-9,12H,7H2,1-3H3,(H,17,18)(H2,15,16,19)/p-1/t12-/m0/s1. The van der Waals surface area contributed by atoms with E-state index in [2.05, 4.69) is 10.6 Å². The molecule has 1 aromatic carbocycles. The summed E-state index contributed by atoms with van der Waals surface area (Å²) in [7, 11) is 0. The van der Waals surface area contributed by atoms with E-state index in [1.165, 1.54) is 0 Å². The summed E-state index contributed by atoms with van der Waals surface area (Å²) >= 11 is 0. The van der Waals surface area contributed by atoms with Gasteiger partial charge in [-0.3, -0.25) is 0 Å². The third kappa shape index (κ3) is 5.42. The van der Waals surface area contributed by atoms with Crippen molar-refractivity contribution in [3.63, 3.8) is 0 Å². The first kappa shape index (κ1) is 15.0. The van der Waals surface area contributed by atoms with E-state index in [0.717, 1.165) is 5.56 Å². The van der Waals surface area contributed by atoms with Gasteiger partial charge in [0.15, 0.2) is 0 Å². The van der Waals surface area contributed by atoms with Crippen LogP contribution >= 0.6 is 0 Å². The number of carbonyl (C=O) groups excluding carboxylic acids is 2. The number of carbonyl (C=O) groups is 2. The van der Waals surface area contributed by atoms with Crippen molar-refractivity contribution in [3.8, 4) is 0 Å². The molecule has 0 heterocycles. The molecule has 0 saturated heterocycles. The predicted octanol–water partition coefficient (Wildman–Crippen LogP) is 1.28. The fourth-order valence-electron chi connectivity index (χ4n) is 1.73. The molecule has 0 aliphatic carbocycles. The summed E-state index contributed by atoms with van der Waals surface area (Å²) in [5.41, 5.74) is 1.63. The van der Waals surface area contributed by atoms with E-state index in [1.807, 2.05) is 32.9 Å². The van der Waals surface area contributed by atoms with Crippen LogP contribution in [-0.2, 0) is 4.79 Å². The summed E-state index contributed by atoms with van der Waals surface area (Å²) in [5, 5.41) is 15.9. The molecule has 5 nitrogen and oxygen atoms in total. The maximum Gasteiger partial charge on any atom is 0.319 e. The summed E-state index contributed by atoms with van der Waals surface area (Å²) in [4.78, 5) is 22.6. The average molecular weight is 263 g/mol. The molecule has 1 rings (SSSR count). The van der Waals surface area contributed by atoms with Gasteiger partial charge in [0.2, 0.25) is 0 Å². The van der Waals surface area contributed by atoms with Gasteiger partial charge >= 0.3 is 6.03 Å². The number of rotatable bonds is 5. The van der Waals surface area contributed by atoms with E-state index in [9.17, 15) is 14.7 Å². The summed E-state index contributed by atoms with van der Waals surface area (Å²) in [6, 6.07) is 5.74. The third-order valence-corrected chi connectivity index (χ3v) is 2.57. The Bertz CT molecular complexity index is 458. The summed E-state index contributed by atoms with van der Waals surface area (Å²) in [6.07, 6.45) is 0.337. The van der Waals surface area contributed by atoms with Crippen LogP contribution in [0, 0.1) is 12.8 Å². The monoisotopic (exact) mass is 263 g/mol. The lowest BCUT2D eigenvalue weighted by Crippen LogP contribution is -2.49. The molecule has 0 unspecified atom stereocenters. The minimum atomic E-state index is -1.27. The number of aliphatic carboxylic acids is 1. The van der Waals surface area contributed by atoms with Crippen molar-refractivity contribution in [2.24, 2.45) is 5.92 Å². The molecule has 19 heavy (non-hydrogen) atoms. The highest BCUT2D eigenvalue weighted by atomic mass is 16.4. The highest BCUT2D eigenvalue weighted by Crippen LogP contribution is 2.10. The van der Waals surface area contributed by atoms with Crippen molar-refractivity contribution in [2.45, 2.75) is 33.2 Å². The van der Waals surface area contributed by atoms with Crippen molar-refractivity contribution in [1.82, 2.24) is 5.32 Å². The summed E-state index contributed by atoms with van der Waals surface area (Å²) in [6.45, 7) is 5.68. The minimum absolute atomic E-state index is 0.155. The lowest BCUT2D eigenvalue weighted by Gasteiger charge is -2.21. The minimum Gasteiger partial charge on any atom is -0.548 e. The third-order valence-electron chi connectivity index (χ3n) is 2.57. The molecule has 104 valence electrons. The van der Waals surface area contributed by atoms with Crippen LogP contribution in [0.2, 0.25) is 0 Å². The zero-order valence-electron chi connectivity index (χ0n) is 11.4. The number of carboxylic acids is 1. The highest BCUT2D eigenvalue weighted by molar-refractivity contribution is 5.92. The number of aryl methyl sites for hydroxylation is 1. The van der Waals surface area contributed by atoms with Crippen LogP contribution in [0.15, 0.2) is 24.3 Å². The Morgan fingerprint density at radius 2 is 2.00 bits per heavy atom. The van der Waals surface area contributed by atoms with Gasteiger partial charge in [-0.2, -0.15) is 0 Å². The van der Waals surface area contributed by atoms with Crippen molar-refractivity contribution in [3.05, 3.63) is 29.8 Å². The molecule has 2 amide bonds. The number of benzene rings is 1. The maximum absolute atomic E-state index is 11.7. The zero-order valence-corrected chi connectivity index (χ0v) is 11.4. The van der Waals surface area contributed by atoms with E-state index >= 15 is 0 Å². The first-order valence-electron chi connectivity index (χ1n) is 6.23. The highest BCUT2D eigenvalue weighted by Gasteiger charge is 2.15. The summed E-state index contributed by atoms with van der Waals surface area (Å²) < 4.78 is 0. The maximum atomic E-state index is 11.7. The quantitative estimate of drug-likeness (QED) is 0.839. The molecule has 0 fully saturated rings. The largest absolute Gasteiger partial charge is 0.548 e. The lowest BCUT2D eigenvalue weighted by molar-refractivity contribution is -0.308. The van der Waals surface area contributed by atoms with Crippen LogP contribution in [-0.4, -0.2) is 18.0 Å². The second-order valence-electron chi connectivity index (χ2n) is 4.97. The molecule has 1 atom stereocenters. The van der Waals surface area contributed by atoms with E-state index in [1.54, 1.807) is 12.1 Å². The van der Waals surface area contributed by atoms with Gasteiger partial charge in [0.05, 0.1) is 12.0 Å². The SMILES string of the molecule is Cc1cccc(NC(=O)N[C@@H](CC(C)C)C(=O)[O-])c1. The second-order valence-corrected chi connectivity index (χ2v) is 4.97. The number of hydrogen-bond acceptors (Lipinski definition) is 3. The van der Waals surface area contributed by atoms with E-state index in [-0.39, 0.29) is 5.92 Å². The topological polar surface area (TPSA) is 81.3 Å². The Labute approximate surface area is 113 Å². The number of hydrogen-bond donors (Lipinski definition) is 2. The molecular formula is C14H19N2O3-. The number of anilines is 1. The van der Waals surface area contributed by atoms with Crippen LogP contribution in [0.25, 0.3) is 0 Å². The van der Waals surface area contributed by atoms with Crippen LogP contribution in [0.5, 0.6) is 0 Å². The molecule has 0 saturated carbocycles. The Morgan fingerprint density at radius 1 is 1.32 bits per heavy atom. The van der Waals surface area contributed by atoms with Crippen LogP contribution in [0.3, 0.4) is 0 Å². The van der Waals surface area contributed by atoms with Crippen LogP contribution in [0.1, 0.15) is 25.8 Å². The average Bonchev–Trinajstić information content (AvgIpc) is 2.27. The molecule has 0 bridgehead atoms. The fourth-order valence-corrected chi connectivity index (χ4v) is 1.73. The molecule has 5 heteroatoms.